The molecule has 5 heteroatoms. The maximum Gasteiger partial charge on any atom is 0.207 e. The molecule has 0 saturated heterocycles. The highest BCUT2D eigenvalue weighted by atomic mass is 16.1. The Morgan fingerprint density at radius 1 is 1.59 bits per heavy atom. The topological polar surface area (TPSA) is 88.8 Å². The molecule has 0 saturated carbocycles. The predicted molar refractivity (Wildman–Crippen MR) is 66.2 cm³/mol. The summed E-state index contributed by atoms with van der Waals surface area (Å²) in [5.41, 5.74) is 1.95. The van der Waals surface area contributed by atoms with Crippen molar-refractivity contribution < 1.29 is 4.79 Å². The summed E-state index contributed by atoms with van der Waals surface area (Å²) in [5, 5.41) is 21.8. The summed E-state index contributed by atoms with van der Waals surface area (Å²) in [6, 6.07) is 7.12. The third-order valence-corrected chi connectivity index (χ3v) is 2.29. The fraction of sp³-hybridized carbons (Fsp3) is 0.250. The van der Waals surface area contributed by atoms with Crippen LogP contribution in [-0.2, 0) is 4.79 Å². The fourth-order valence-corrected chi connectivity index (χ4v) is 1.35. The van der Waals surface area contributed by atoms with E-state index in [1.165, 1.54) is 6.21 Å². The molecule has 0 bridgehead atoms. The minimum absolute atomic E-state index is 0.00160. The molecule has 1 amide bonds. The molecule has 0 aromatic heterocycles. The van der Waals surface area contributed by atoms with Crippen LogP contribution in [-0.4, -0.2) is 25.2 Å². The molecule has 1 aromatic carbocycles. The van der Waals surface area contributed by atoms with E-state index in [4.69, 9.17) is 10.7 Å². The van der Waals surface area contributed by atoms with Gasteiger partial charge in [-0.2, -0.15) is 5.26 Å². The van der Waals surface area contributed by atoms with Gasteiger partial charge < -0.3 is 16.0 Å². The highest BCUT2D eigenvalue weighted by Gasteiger charge is 2.04. The van der Waals surface area contributed by atoms with E-state index in [1.54, 1.807) is 18.2 Å². The van der Waals surface area contributed by atoms with Crippen LogP contribution in [0.25, 0.3) is 0 Å². The number of rotatable bonds is 6. The van der Waals surface area contributed by atoms with E-state index in [2.05, 4.69) is 10.6 Å². The van der Waals surface area contributed by atoms with Gasteiger partial charge in [0.2, 0.25) is 6.41 Å². The molecule has 0 radical (unpaired) electrons. The Balaban J connectivity index is 2.74. The van der Waals surface area contributed by atoms with Gasteiger partial charge in [0.15, 0.2) is 0 Å². The third kappa shape index (κ3) is 3.61. The lowest BCUT2D eigenvalue weighted by Gasteiger charge is -2.14. The van der Waals surface area contributed by atoms with Crippen LogP contribution in [0.4, 0.5) is 5.69 Å². The van der Waals surface area contributed by atoms with Crippen molar-refractivity contribution in [2.24, 2.45) is 0 Å². The summed E-state index contributed by atoms with van der Waals surface area (Å²) in [7, 11) is 0. The van der Waals surface area contributed by atoms with Crippen LogP contribution in [0, 0.1) is 16.7 Å². The molecule has 0 aliphatic carbocycles. The SMILES string of the molecule is CC(CNc1ccc(C#N)cc1C=N)NC=O. The van der Waals surface area contributed by atoms with Crippen molar-refractivity contribution in [1.29, 1.82) is 10.7 Å². The first-order chi connectivity index (χ1) is 8.21. The Morgan fingerprint density at radius 3 is 2.94 bits per heavy atom. The molecule has 0 aliphatic rings. The number of nitrogens with zero attached hydrogens (tertiary/aromatic N) is 1. The quantitative estimate of drug-likeness (QED) is 0.505. The van der Waals surface area contributed by atoms with Crippen LogP contribution in [0.15, 0.2) is 18.2 Å². The Morgan fingerprint density at radius 2 is 2.35 bits per heavy atom. The zero-order valence-electron chi connectivity index (χ0n) is 9.53. The van der Waals surface area contributed by atoms with E-state index in [0.29, 0.717) is 24.1 Å². The van der Waals surface area contributed by atoms with Crippen molar-refractivity contribution in [2.45, 2.75) is 13.0 Å². The normalized spacial score (nSPS) is 11.1. The van der Waals surface area contributed by atoms with Gasteiger partial charge in [0.25, 0.3) is 0 Å². The largest absolute Gasteiger partial charge is 0.382 e. The summed E-state index contributed by atoms with van der Waals surface area (Å²) in [6.07, 6.45) is 1.85. The smallest absolute Gasteiger partial charge is 0.207 e. The predicted octanol–water partition coefficient (Wildman–Crippen LogP) is 1.10. The molecule has 1 unspecified atom stereocenters. The molecule has 1 atom stereocenters. The van der Waals surface area contributed by atoms with Crippen molar-refractivity contribution in [3.8, 4) is 6.07 Å². The molecule has 0 aliphatic heterocycles. The van der Waals surface area contributed by atoms with Crippen LogP contribution in [0.2, 0.25) is 0 Å². The van der Waals surface area contributed by atoms with Gasteiger partial charge in [0.05, 0.1) is 11.6 Å². The van der Waals surface area contributed by atoms with Crippen molar-refractivity contribution in [1.82, 2.24) is 5.32 Å². The number of carbonyl (C=O) groups excluding carboxylic acids is 1. The lowest BCUT2D eigenvalue weighted by molar-refractivity contribution is -0.109. The van der Waals surface area contributed by atoms with Gasteiger partial charge in [-0.15, -0.1) is 0 Å². The van der Waals surface area contributed by atoms with Crippen molar-refractivity contribution in [3.05, 3.63) is 29.3 Å². The molecule has 88 valence electrons. The first kappa shape index (κ1) is 12.7. The summed E-state index contributed by atoms with van der Waals surface area (Å²) >= 11 is 0. The molecular weight excluding hydrogens is 216 g/mol. The highest BCUT2D eigenvalue weighted by Crippen LogP contribution is 2.15. The van der Waals surface area contributed by atoms with Gasteiger partial charge in [-0.25, -0.2) is 0 Å². The number of nitrogens with one attached hydrogen (secondary N) is 3. The molecule has 0 fully saturated rings. The Bertz CT molecular complexity index is 450. The molecule has 17 heavy (non-hydrogen) atoms. The van der Waals surface area contributed by atoms with E-state index in [1.807, 2.05) is 13.0 Å². The van der Waals surface area contributed by atoms with Crippen LogP contribution < -0.4 is 10.6 Å². The number of anilines is 1. The molecular formula is C12H14N4O. The van der Waals surface area contributed by atoms with E-state index in [0.717, 1.165) is 5.69 Å². The molecule has 0 heterocycles. The molecule has 1 rings (SSSR count). The van der Waals surface area contributed by atoms with Crippen LogP contribution in [0.3, 0.4) is 0 Å². The zero-order valence-corrected chi connectivity index (χ0v) is 9.53. The zero-order chi connectivity index (χ0) is 12.7. The van der Waals surface area contributed by atoms with Gasteiger partial charge >= 0.3 is 0 Å². The second kappa shape index (κ2) is 6.28. The number of hydrogen-bond acceptors (Lipinski definition) is 4. The minimum Gasteiger partial charge on any atom is -0.382 e. The maximum absolute atomic E-state index is 10.2. The number of benzene rings is 1. The monoisotopic (exact) mass is 230 g/mol. The summed E-state index contributed by atoms with van der Waals surface area (Å²) in [6.45, 7) is 2.43. The van der Waals surface area contributed by atoms with Crippen molar-refractivity contribution in [2.75, 3.05) is 11.9 Å². The van der Waals surface area contributed by atoms with Gasteiger partial charge in [-0.3, -0.25) is 4.79 Å². The second-order valence-electron chi connectivity index (χ2n) is 3.62. The number of nitriles is 1. The van der Waals surface area contributed by atoms with Gasteiger partial charge in [0.1, 0.15) is 0 Å². The number of amides is 1. The van der Waals surface area contributed by atoms with Crippen LogP contribution >= 0.6 is 0 Å². The van der Waals surface area contributed by atoms with Crippen molar-refractivity contribution >= 4 is 18.3 Å². The second-order valence-corrected chi connectivity index (χ2v) is 3.62. The summed E-state index contributed by atoms with van der Waals surface area (Å²) in [4.78, 5) is 10.2. The van der Waals surface area contributed by atoms with Crippen LogP contribution in [0.5, 0.6) is 0 Å². The van der Waals surface area contributed by atoms with Crippen LogP contribution in [0.1, 0.15) is 18.1 Å². The third-order valence-electron chi connectivity index (χ3n) is 2.29. The Kier molecular flexibility index (Phi) is 4.70. The molecule has 5 nitrogen and oxygen atoms in total. The first-order valence-corrected chi connectivity index (χ1v) is 5.19. The first-order valence-electron chi connectivity index (χ1n) is 5.19. The van der Waals surface area contributed by atoms with Gasteiger partial charge in [0, 0.05) is 30.1 Å². The van der Waals surface area contributed by atoms with E-state index in [9.17, 15) is 4.79 Å². The molecule has 1 aromatic rings. The van der Waals surface area contributed by atoms with Gasteiger partial charge in [-0.1, -0.05) is 0 Å². The molecule has 0 spiro atoms. The van der Waals surface area contributed by atoms with E-state index in [-0.39, 0.29) is 6.04 Å². The van der Waals surface area contributed by atoms with E-state index >= 15 is 0 Å². The summed E-state index contributed by atoms with van der Waals surface area (Å²) < 4.78 is 0. The van der Waals surface area contributed by atoms with E-state index < -0.39 is 0 Å². The average molecular weight is 230 g/mol. The lowest BCUT2D eigenvalue weighted by Crippen LogP contribution is -2.31. The summed E-state index contributed by atoms with van der Waals surface area (Å²) in [5.74, 6) is 0. The number of hydrogen-bond donors (Lipinski definition) is 3. The standard InChI is InChI=1S/C12H14N4O/c1-9(16-8-17)7-15-12-3-2-10(5-13)4-11(12)6-14/h2-4,6,8-9,14-15H,7H2,1H3,(H,16,17). The van der Waals surface area contributed by atoms with Gasteiger partial charge in [-0.05, 0) is 25.1 Å². The molecule has 3 N–H and O–H groups in total. The fourth-order valence-electron chi connectivity index (χ4n) is 1.35. The Labute approximate surface area is 100.0 Å². The lowest BCUT2D eigenvalue weighted by atomic mass is 10.1. The van der Waals surface area contributed by atoms with Crippen molar-refractivity contribution in [3.63, 3.8) is 0 Å². The number of carbonyl (C=O) groups is 1. The highest BCUT2D eigenvalue weighted by molar-refractivity contribution is 5.86. The maximum atomic E-state index is 10.2. The minimum atomic E-state index is 0.00160. The Hall–Kier alpha value is -2.35. The average Bonchev–Trinajstić information content (AvgIpc) is 2.36.